The summed E-state index contributed by atoms with van der Waals surface area (Å²) in [6, 6.07) is 7.26. The number of hydrogen-bond donors (Lipinski definition) is 1. The Bertz CT molecular complexity index is 926. The van der Waals surface area contributed by atoms with E-state index in [-0.39, 0.29) is 29.7 Å². The lowest BCUT2D eigenvalue weighted by Crippen LogP contribution is -2.30. The first-order valence-electron chi connectivity index (χ1n) is 9.60. The third kappa shape index (κ3) is 5.77. The zero-order chi connectivity index (χ0) is 22.3. The number of benzene rings is 1. The summed E-state index contributed by atoms with van der Waals surface area (Å²) in [5, 5.41) is 3.67. The Hall–Kier alpha value is -2.03. The lowest BCUT2D eigenvalue weighted by molar-refractivity contribution is -0.113. The van der Waals surface area contributed by atoms with Crippen molar-refractivity contribution in [1.82, 2.24) is 4.90 Å². The van der Waals surface area contributed by atoms with Crippen molar-refractivity contribution in [3.8, 4) is 0 Å². The highest BCUT2D eigenvalue weighted by Crippen LogP contribution is 2.35. The quantitative estimate of drug-likeness (QED) is 0.409. The molecule has 0 spiro atoms. The summed E-state index contributed by atoms with van der Waals surface area (Å²) in [7, 11) is 0. The summed E-state index contributed by atoms with van der Waals surface area (Å²) < 4.78 is 5.15. The minimum absolute atomic E-state index is 0.113. The first-order valence-corrected chi connectivity index (χ1v) is 11.8. The molecule has 9 heteroatoms. The summed E-state index contributed by atoms with van der Waals surface area (Å²) in [6.45, 7) is 8.50. The van der Waals surface area contributed by atoms with Crippen LogP contribution in [0.5, 0.6) is 0 Å². The fraction of sp³-hybridized carbons (Fsp3) is 0.381. The largest absolute Gasteiger partial charge is 0.462 e. The van der Waals surface area contributed by atoms with Gasteiger partial charge in [-0.2, -0.15) is 0 Å². The standard InChI is InChI=1S/C21H25ClN2O4S2/c1-5-24(6-2)20(26)18-13(4)17(21(27)28-7-3)19(30-18)23-16(25)12-29-15-11-9-8-10-14(15)22/h8-11H,5-7,12H2,1-4H3,(H,23,25). The second kappa shape index (κ2) is 11.4. The zero-order valence-electron chi connectivity index (χ0n) is 17.4. The van der Waals surface area contributed by atoms with Gasteiger partial charge < -0.3 is 15.0 Å². The van der Waals surface area contributed by atoms with Crippen molar-refractivity contribution in [2.45, 2.75) is 32.6 Å². The summed E-state index contributed by atoms with van der Waals surface area (Å²) in [6.07, 6.45) is 0. The number of thiophene rings is 1. The molecule has 1 heterocycles. The number of thioether (sulfide) groups is 1. The van der Waals surface area contributed by atoms with Crippen LogP contribution in [0.2, 0.25) is 5.02 Å². The van der Waals surface area contributed by atoms with Crippen LogP contribution in [0.15, 0.2) is 29.2 Å². The van der Waals surface area contributed by atoms with Gasteiger partial charge in [-0.25, -0.2) is 4.79 Å². The summed E-state index contributed by atoms with van der Waals surface area (Å²) in [4.78, 5) is 40.8. The van der Waals surface area contributed by atoms with E-state index in [4.69, 9.17) is 16.3 Å². The van der Waals surface area contributed by atoms with Gasteiger partial charge in [0.25, 0.3) is 5.91 Å². The molecule has 0 aliphatic rings. The molecule has 2 amide bonds. The molecule has 162 valence electrons. The number of rotatable bonds is 9. The normalized spacial score (nSPS) is 10.6. The molecule has 0 unspecified atom stereocenters. The Morgan fingerprint density at radius 1 is 1.17 bits per heavy atom. The van der Waals surface area contributed by atoms with E-state index in [9.17, 15) is 14.4 Å². The molecule has 6 nitrogen and oxygen atoms in total. The zero-order valence-corrected chi connectivity index (χ0v) is 19.8. The maximum absolute atomic E-state index is 12.9. The molecule has 2 rings (SSSR count). The number of esters is 1. The Morgan fingerprint density at radius 2 is 1.83 bits per heavy atom. The molecule has 0 bridgehead atoms. The lowest BCUT2D eigenvalue weighted by Gasteiger charge is -2.18. The molecule has 1 N–H and O–H groups in total. The first kappa shape index (κ1) is 24.2. The van der Waals surface area contributed by atoms with Crippen molar-refractivity contribution in [2.75, 3.05) is 30.8 Å². The minimum atomic E-state index is -0.557. The van der Waals surface area contributed by atoms with Crippen LogP contribution in [0.3, 0.4) is 0 Å². The van der Waals surface area contributed by atoms with Gasteiger partial charge in [-0.1, -0.05) is 23.7 Å². The number of nitrogens with zero attached hydrogens (tertiary/aromatic N) is 1. The minimum Gasteiger partial charge on any atom is -0.462 e. The molecule has 1 aromatic carbocycles. The van der Waals surface area contributed by atoms with Crippen molar-refractivity contribution in [1.29, 1.82) is 0 Å². The molecular weight excluding hydrogens is 444 g/mol. The van der Waals surface area contributed by atoms with Gasteiger partial charge in [0.15, 0.2) is 0 Å². The van der Waals surface area contributed by atoms with E-state index in [1.54, 1.807) is 24.8 Å². The monoisotopic (exact) mass is 468 g/mol. The number of anilines is 1. The Morgan fingerprint density at radius 3 is 2.43 bits per heavy atom. The summed E-state index contributed by atoms with van der Waals surface area (Å²) in [5.41, 5.74) is 0.748. The SMILES string of the molecule is CCOC(=O)c1c(NC(=O)CSc2ccccc2Cl)sc(C(=O)N(CC)CC)c1C. The van der Waals surface area contributed by atoms with Gasteiger partial charge in [-0.15, -0.1) is 23.1 Å². The van der Waals surface area contributed by atoms with E-state index >= 15 is 0 Å². The Labute approximate surface area is 189 Å². The van der Waals surface area contributed by atoms with Gasteiger partial charge in [0.2, 0.25) is 5.91 Å². The molecular formula is C21H25ClN2O4S2. The van der Waals surface area contributed by atoms with Crippen LogP contribution in [0.25, 0.3) is 0 Å². The molecule has 0 aliphatic carbocycles. The van der Waals surface area contributed by atoms with E-state index in [1.807, 2.05) is 32.0 Å². The van der Waals surface area contributed by atoms with Gasteiger partial charge in [0.1, 0.15) is 5.00 Å². The molecule has 1 aromatic heterocycles. The van der Waals surface area contributed by atoms with E-state index in [2.05, 4.69) is 5.32 Å². The van der Waals surface area contributed by atoms with Crippen molar-refractivity contribution in [3.63, 3.8) is 0 Å². The third-order valence-electron chi connectivity index (χ3n) is 4.32. The molecule has 0 atom stereocenters. The van der Waals surface area contributed by atoms with Crippen LogP contribution < -0.4 is 5.32 Å². The fourth-order valence-electron chi connectivity index (χ4n) is 2.78. The van der Waals surface area contributed by atoms with Crippen LogP contribution in [-0.2, 0) is 9.53 Å². The van der Waals surface area contributed by atoms with Crippen molar-refractivity contribution in [2.24, 2.45) is 0 Å². The molecule has 0 aliphatic heterocycles. The van der Waals surface area contributed by atoms with E-state index in [0.717, 1.165) is 16.2 Å². The third-order valence-corrected chi connectivity index (χ3v) is 7.03. The average Bonchev–Trinajstić information content (AvgIpc) is 3.04. The highest BCUT2D eigenvalue weighted by atomic mass is 35.5. The topological polar surface area (TPSA) is 75.7 Å². The average molecular weight is 469 g/mol. The second-order valence-corrected chi connectivity index (χ2v) is 8.67. The Kier molecular flexibility index (Phi) is 9.20. The smallest absolute Gasteiger partial charge is 0.341 e. The second-order valence-electron chi connectivity index (χ2n) is 6.23. The summed E-state index contributed by atoms with van der Waals surface area (Å²) in [5.74, 6) is -0.908. The van der Waals surface area contributed by atoms with Crippen LogP contribution >= 0.6 is 34.7 Å². The van der Waals surface area contributed by atoms with Crippen LogP contribution in [0.1, 0.15) is 46.4 Å². The van der Waals surface area contributed by atoms with E-state index in [1.165, 1.54) is 11.8 Å². The fourth-order valence-corrected chi connectivity index (χ4v) is 4.99. The molecule has 2 aromatic rings. The predicted molar refractivity (Wildman–Crippen MR) is 123 cm³/mol. The number of nitrogens with one attached hydrogen (secondary N) is 1. The van der Waals surface area contributed by atoms with Crippen molar-refractivity contribution < 1.29 is 19.1 Å². The van der Waals surface area contributed by atoms with E-state index < -0.39 is 5.97 Å². The van der Waals surface area contributed by atoms with Gasteiger partial charge in [-0.05, 0) is 45.4 Å². The maximum Gasteiger partial charge on any atom is 0.341 e. The number of ether oxygens (including phenoxy) is 1. The van der Waals surface area contributed by atoms with Gasteiger partial charge in [-0.3, -0.25) is 9.59 Å². The number of halogens is 1. The number of amides is 2. The van der Waals surface area contributed by atoms with Crippen LogP contribution in [-0.4, -0.2) is 48.1 Å². The van der Waals surface area contributed by atoms with Gasteiger partial charge in [0, 0.05) is 18.0 Å². The summed E-state index contributed by atoms with van der Waals surface area (Å²) >= 11 is 8.53. The molecule has 30 heavy (non-hydrogen) atoms. The maximum atomic E-state index is 12.9. The lowest BCUT2D eigenvalue weighted by atomic mass is 10.1. The highest BCUT2D eigenvalue weighted by molar-refractivity contribution is 8.00. The van der Waals surface area contributed by atoms with Gasteiger partial charge in [0.05, 0.1) is 27.8 Å². The number of carbonyl (C=O) groups excluding carboxylic acids is 3. The Balaban J connectivity index is 2.27. The molecule has 0 fully saturated rings. The number of carbonyl (C=O) groups is 3. The van der Waals surface area contributed by atoms with E-state index in [0.29, 0.717) is 33.6 Å². The van der Waals surface area contributed by atoms with Crippen LogP contribution in [0, 0.1) is 6.92 Å². The van der Waals surface area contributed by atoms with Gasteiger partial charge >= 0.3 is 5.97 Å². The van der Waals surface area contributed by atoms with Crippen LogP contribution in [0.4, 0.5) is 5.00 Å². The highest BCUT2D eigenvalue weighted by Gasteiger charge is 2.28. The molecule has 0 saturated heterocycles. The predicted octanol–water partition coefficient (Wildman–Crippen LogP) is 5.10. The molecule has 0 radical (unpaired) electrons. The molecule has 0 saturated carbocycles. The van der Waals surface area contributed by atoms with Crippen molar-refractivity contribution >= 4 is 57.5 Å². The van der Waals surface area contributed by atoms with Crippen molar-refractivity contribution in [3.05, 3.63) is 45.3 Å². The number of hydrogen-bond acceptors (Lipinski definition) is 6. The first-order chi connectivity index (χ1) is 14.3.